The number of aryl methyl sites for hydroxylation is 2. The first kappa shape index (κ1) is 14.4. The molecular formula is C11H14ClN5S. The van der Waals surface area contributed by atoms with Gasteiger partial charge in [-0.05, 0) is 26.0 Å². The molecule has 0 saturated heterocycles. The third-order valence-electron chi connectivity index (χ3n) is 2.11. The van der Waals surface area contributed by atoms with Gasteiger partial charge in [0.1, 0.15) is 5.01 Å². The molecule has 1 aromatic carbocycles. The number of halogens is 1. The molecule has 18 heavy (non-hydrogen) atoms. The van der Waals surface area contributed by atoms with Crippen molar-refractivity contribution in [3.05, 3.63) is 29.3 Å². The molecule has 2 rings (SSSR count). The van der Waals surface area contributed by atoms with E-state index in [2.05, 4.69) is 47.2 Å². The van der Waals surface area contributed by atoms with Crippen LogP contribution in [-0.2, 0) is 0 Å². The van der Waals surface area contributed by atoms with Crippen molar-refractivity contribution >= 4 is 34.8 Å². The van der Waals surface area contributed by atoms with Crippen LogP contribution in [0.25, 0.3) is 10.6 Å². The van der Waals surface area contributed by atoms with E-state index in [0.717, 1.165) is 10.6 Å². The largest absolute Gasteiger partial charge is 0.370 e. The van der Waals surface area contributed by atoms with Gasteiger partial charge in [-0.2, -0.15) is 4.99 Å². The van der Waals surface area contributed by atoms with E-state index >= 15 is 0 Å². The molecule has 0 saturated carbocycles. The number of nitrogens with two attached hydrogens (primary N) is 2. The third-order valence-corrected chi connectivity index (χ3v) is 2.97. The van der Waals surface area contributed by atoms with E-state index in [9.17, 15) is 0 Å². The van der Waals surface area contributed by atoms with Crippen LogP contribution in [0.3, 0.4) is 0 Å². The fraction of sp³-hybridized carbons (Fsp3) is 0.182. The van der Waals surface area contributed by atoms with Crippen molar-refractivity contribution in [2.24, 2.45) is 16.5 Å². The molecule has 0 bridgehead atoms. The Hall–Kier alpha value is -1.66. The van der Waals surface area contributed by atoms with Gasteiger partial charge in [0.05, 0.1) is 0 Å². The Labute approximate surface area is 115 Å². The average molecular weight is 284 g/mol. The molecule has 2 aromatic rings. The molecule has 0 fully saturated rings. The Morgan fingerprint density at radius 1 is 1.11 bits per heavy atom. The molecule has 0 aliphatic rings. The second kappa shape index (κ2) is 5.79. The fourth-order valence-electron chi connectivity index (χ4n) is 1.59. The van der Waals surface area contributed by atoms with Crippen LogP contribution in [-0.4, -0.2) is 16.2 Å². The van der Waals surface area contributed by atoms with Gasteiger partial charge >= 0.3 is 0 Å². The molecule has 1 aromatic heterocycles. The highest BCUT2D eigenvalue weighted by molar-refractivity contribution is 7.18. The van der Waals surface area contributed by atoms with Gasteiger partial charge in [-0.25, -0.2) is 0 Å². The van der Waals surface area contributed by atoms with Crippen LogP contribution >= 0.6 is 23.7 Å². The van der Waals surface area contributed by atoms with Crippen LogP contribution in [0.4, 0.5) is 5.13 Å². The predicted molar refractivity (Wildman–Crippen MR) is 77.5 cm³/mol. The van der Waals surface area contributed by atoms with Crippen molar-refractivity contribution < 1.29 is 0 Å². The summed E-state index contributed by atoms with van der Waals surface area (Å²) in [4.78, 5) is 3.87. The zero-order valence-electron chi connectivity index (χ0n) is 10.0. The Morgan fingerprint density at radius 3 is 2.28 bits per heavy atom. The maximum absolute atomic E-state index is 5.29. The highest BCUT2D eigenvalue weighted by atomic mass is 35.5. The highest BCUT2D eigenvalue weighted by Gasteiger charge is 2.07. The molecule has 7 heteroatoms. The minimum absolute atomic E-state index is 0. The topological polar surface area (TPSA) is 90.2 Å². The number of guanidine groups is 1. The van der Waals surface area contributed by atoms with Gasteiger partial charge in [0.15, 0.2) is 5.96 Å². The first-order valence-corrected chi connectivity index (χ1v) is 5.88. The molecule has 5 nitrogen and oxygen atoms in total. The minimum Gasteiger partial charge on any atom is -0.370 e. The lowest BCUT2D eigenvalue weighted by Crippen LogP contribution is -2.21. The van der Waals surface area contributed by atoms with Gasteiger partial charge in [0.2, 0.25) is 5.13 Å². The lowest BCUT2D eigenvalue weighted by molar-refractivity contribution is 1.08. The number of aliphatic imine (C=N–C) groups is 1. The minimum atomic E-state index is -0.00637. The van der Waals surface area contributed by atoms with Crippen LogP contribution in [0.15, 0.2) is 23.2 Å². The van der Waals surface area contributed by atoms with Crippen molar-refractivity contribution in [3.8, 4) is 10.6 Å². The van der Waals surface area contributed by atoms with Crippen molar-refractivity contribution in [1.29, 1.82) is 0 Å². The molecule has 0 atom stereocenters. The van der Waals surface area contributed by atoms with Gasteiger partial charge in [0, 0.05) is 5.56 Å². The molecule has 4 N–H and O–H groups in total. The van der Waals surface area contributed by atoms with Crippen LogP contribution in [0, 0.1) is 13.8 Å². The lowest BCUT2D eigenvalue weighted by Gasteiger charge is -2.00. The summed E-state index contributed by atoms with van der Waals surface area (Å²) in [5, 5.41) is 9.27. The third kappa shape index (κ3) is 3.41. The van der Waals surface area contributed by atoms with E-state index in [4.69, 9.17) is 11.5 Å². The zero-order valence-corrected chi connectivity index (χ0v) is 11.7. The monoisotopic (exact) mass is 283 g/mol. The first-order valence-electron chi connectivity index (χ1n) is 5.06. The number of nitrogens with zero attached hydrogens (tertiary/aromatic N) is 3. The van der Waals surface area contributed by atoms with Gasteiger partial charge < -0.3 is 11.5 Å². The molecule has 0 aliphatic heterocycles. The summed E-state index contributed by atoms with van der Waals surface area (Å²) in [5.74, 6) is -0.00637. The Morgan fingerprint density at radius 2 is 1.72 bits per heavy atom. The summed E-state index contributed by atoms with van der Waals surface area (Å²) in [7, 11) is 0. The van der Waals surface area contributed by atoms with Crippen molar-refractivity contribution in [2.45, 2.75) is 13.8 Å². The Bertz CT molecular complexity index is 554. The smallest absolute Gasteiger partial charge is 0.235 e. The Kier molecular flexibility index (Phi) is 4.63. The summed E-state index contributed by atoms with van der Waals surface area (Å²) in [6.45, 7) is 4.10. The SMILES string of the molecule is Cc1cc(C)cc(-c2nnc(N=C(N)N)s2)c1.Cl. The van der Waals surface area contributed by atoms with E-state index in [1.165, 1.54) is 22.5 Å². The van der Waals surface area contributed by atoms with E-state index < -0.39 is 0 Å². The maximum atomic E-state index is 5.29. The van der Waals surface area contributed by atoms with Crippen LogP contribution < -0.4 is 11.5 Å². The number of rotatable bonds is 2. The van der Waals surface area contributed by atoms with Gasteiger partial charge in [0.25, 0.3) is 0 Å². The predicted octanol–water partition coefficient (Wildman–Crippen LogP) is 2.15. The summed E-state index contributed by atoms with van der Waals surface area (Å²) >= 11 is 1.36. The summed E-state index contributed by atoms with van der Waals surface area (Å²) < 4.78 is 0. The molecule has 0 spiro atoms. The Balaban J connectivity index is 0.00000162. The summed E-state index contributed by atoms with van der Waals surface area (Å²) in [6.07, 6.45) is 0. The maximum Gasteiger partial charge on any atom is 0.235 e. The summed E-state index contributed by atoms with van der Waals surface area (Å²) in [6, 6.07) is 6.24. The van der Waals surface area contributed by atoms with Crippen molar-refractivity contribution in [1.82, 2.24) is 10.2 Å². The van der Waals surface area contributed by atoms with Gasteiger partial charge in [-0.1, -0.05) is 28.5 Å². The molecule has 0 aliphatic carbocycles. The summed E-state index contributed by atoms with van der Waals surface area (Å²) in [5.41, 5.74) is 14.0. The number of benzene rings is 1. The average Bonchev–Trinajstić information content (AvgIpc) is 2.63. The van der Waals surface area contributed by atoms with Crippen LogP contribution in [0.5, 0.6) is 0 Å². The number of aromatic nitrogens is 2. The zero-order chi connectivity index (χ0) is 12.4. The number of hydrogen-bond donors (Lipinski definition) is 2. The molecule has 1 heterocycles. The first-order chi connectivity index (χ1) is 8.04. The van der Waals surface area contributed by atoms with Crippen molar-refractivity contribution in [2.75, 3.05) is 0 Å². The van der Waals surface area contributed by atoms with Crippen LogP contribution in [0.2, 0.25) is 0 Å². The second-order valence-electron chi connectivity index (χ2n) is 3.80. The molecule has 0 amide bonds. The molecule has 0 unspecified atom stereocenters. The lowest BCUT2D eigenvalue weighted by atomic mass is 10.1. The highest BCUT2D eigenvalue weighted by Crippen LogP contribution is 2.29. The van der Waals surface area contributed by atoms with Crippen molar-refractivity contribution in [3.63, 3.8) is 0 Å². The molecular weight excluding hydrogens is 270 g/mol. The van der Waals surface area contributed by atoms with E-state index in [1.54, 1.807) is 0 Å². The normalized spacial score (nSPS) is 9.67. The number of hydrogen-bond acceptors (Lipinski definition) is 4. The quantitative estimate of drug-likeness (QED) is 0.653. The van der Waals surface area contributed by atoms with Crippen LogP contribution in [0.1, 0.15) is 11.1 Å². The van der Waals surface area contributed by atoms with Gasteiger partial charge in [-0.3, -0.25) is 0 Å². The second-order valence-corrected chi connectivity index (χ2v) is 4.76. The van der Waals surface area contributed by atoms with E-state index in [1.807, 2.05) is 0 Å². The molecule has 0 radical (unpaired) electrons. The van der Waals surface area contributed by atoms with Gasteiger partial charge in [-0.15, -0.1) is 22.6 Å². The fourth-order valence-corrected chi connectivity index (χ4v) is 2.31. The van der Waals surface area contributed by atoms with E-state index in [-0.39, 0.29) is 18.4 Å². The standard InChI is InChI=1S/C11H13N5S.ClH/c1-6-3-7(2)5-8(4-6)9-15-16-11(17-9)14-10(12)13;/h3-5H,1-2H3,(H4,12,13,14,16);1H. The molecule has 96 valence electrons. The van der Waals surface area contributed by atoms with E-state index in [0.29, 0.717) is 5.13 Å².